The topological polar surface area (TPSA) is 79.3 Å². The summed E-state index contributed by atoms with van der Waals surface area (Å²) >= 11 is 0. The Morgan fingerprint density at radius 2 is 1.58 bits per heavy atom. The van der Waals surface area contributed by atoms with Gasteiger partial charge in [0.15, 0.2) is 0 Å². The quantitative estimate of drug-likeness (QED) is 0.787. The Labute approximate surface area is 183 Å². The molecule has 1 aliphatic heterocycles. The van der Waals surface area contributed by atoms with Crippen LogP contribution in [0.3, 0.4) is 0 Å². The Hall–Kier alpha value is -3.06. The minimum absolute atomic E-state index is 0.0941. The number of aliphatic hydroxyl groups excluding tert-OH is 1. The van der Waals surface area contributed by atoms with E-state index in [-0.39, 0.29) is 26.2 Å². The molecule has 1 fully saturated rings. The molecule has 1 saturated heterocycles. The molecule has 1 heterocycles. The zero-order valence-corrected chi connectivity index (χ0v) is 18.2. The summed E-state index contributed by atoms with van der Waals surface area (Å²) in [7, 11) is 0. The van der Waals surface area contributed by atoms with E-state index in [4.69, 9.17) is 9.47 Å². The van der Waals surface area contributed by atoms with Gasteiger partial charge in [0.1, 0.15) is 12.2 Å². The molecule has 2 unspecified atom stereocenters. The highest BCUT2D eigenvalue weighted by atomic mass is 16.6. The SMILES string of the molecule is CC(C)(C)OC(=O)N1CC(O)C(N(Cc2ccccc2)C(=O)OCc2ccccc2)C1. The Morgan fingerprint density at radius 1 is 1.00 bits per heavy atom. The molecule has 0 aliphatic carbocycles. The van der Waals surface area contributed by atoms with Crippen LogP contribution >= 0.6 is 0 Å². The molecule has 1 N–H and O–H groups in total. The summed E-state index contributed by atoms with van der Waals surface area (Å²) in [5.74, 6) is 0. The second kappa shape index (κ2) is 9.83. The number of rotatable bonds is 5. The van der Waals surface area contributed by atoms with Gasteiger partial charge in [-0.2, -0.15) is 0 Å². The molecule has 2 atom stereocenters. The molecule has 2 aromatic carbocycles. The van der Waals surface area contributed by atoms with Crippen LogP contribution < -0.4 is 0 Å². The number of β-amino-alcohol motifs (C(OH)–C–C–N with tert-alkyl or cyclic N) is 1. The molecule has 7 nitrogen and oxygen atoms in total. The first-order valence-electron chi connectivity index (χ1n) is 10.4. The molecule has 166 valence electrons. The molecule has 2 amide bonds. The van der Waals surface area contributed by atoms with Gasteiger partial charge in [-0.25, -0.2) is 9.59 Å². The molecule has 1 aliphatic rings. The summed E-state index contributed by atoms with van der Waals surface area (Å²) in [5, 5.41) is 10.7. The maximum absolute atomic E-state index is 13.0. The van der Waals surface area contributed by atoms with E-state index < -0.39 is 29.9 Å². The van der Waals surface area contributed by atoms with Crippen molar-refractivity contribution >= 4 is 12.2 Å². The van der Waals surface area contributed by atoms with Gasteiger partial charge in [-0.3, -0.25) is 4.90 Å². The van der Waals surface area contributed by atoms with Gasteiger partial charge >= 0.3 is 12.2 Å². The number of amides is 2. The van der Waals surface area contributed by atoms with E-state index in [2.05, 4.69) is 0 Å². The van der Waals surface area contributed by atoms with Crippen LogP contribution in [0.4, 0.5) is 9.59 Å². The van der Waals surface area contributed by atoms with E-state index in [9.17, 15) is 14.7 Å². The van der Waals surface area contributed by atoms with Gasteiger partial charge in [0.2, 0.25) is 0 Å². The standard InChI is InChI=1S/C24H30N2O5/c1-24(2,3)31-22(28)25-15-20(21(27)16-25)26(14-18-10-6-4-7-11-18)23(29)30-17-19-12-8-5-9-13-19/h4-13,20-21,27H,14-17H2,1-3H3. The van der Waals surface area contributed by atoms with E-state index in [1.54, 1.807) is 20.8 Å². The summed E-state index contributed by atoms with van der Waals surface area (Å²) in [6, 6.07) is 18.3. The van der Waals surface area contributed by atoms with Crippen LogP contribution in [0.2, 0.25) is 0 Å². The molecule has 0 radical (unpaired) electrons. The monoisotopic (exact) mass is 426 g/mol. The summed E-state index contributed by atoms with van der Waals surface area (Å²) in [5.41, 5.74) is 1.14. The number of ether oxygens (including phenoxy) is 2. The number of nitrogens with zero attached hydrogens (tertiary/aromatic N) is 2. The molecule has 0 spiro atoms. The minimum Gasteiger partial charge on any atom is -0.445 e. The molecular formula is C24H30N2O5. The normalized spacial score (nSPS) is 18.5. The molecule has 3 rings (SSSR count). The van der Waals surface area contributed by atoms with Crippen molar-refractivity contribution < 1.29 is 24.2 Å². The molecule has 0 bridgehead atoms. The Balaban J connectivity index is 1.73. The average Bonchev–Trinajstić information content (AvgIpc) is 3.12. The summed E-state index contributed by atoms with van der Waals surface area (Å²) in [6.45, 7) is 6.02. The number of hydrogen-bond acceptors (Lipinski definition) is 5. The summed E-state index contributed by atoms with van der Waals surface area (Å²) in [4.78, 5) is 28.4. The summed E-state index contributed by atoms with van der Waals surface area (Å²) in [6.07, 6.45) is -1.95. The van der Waals surface area contributed by atoms with Crippen molar-refractivity contribution in [3.8, 4) is 0 Å². The van der Waals surface area contributed by atoms with Crippen molar-refractivity contribution in [1.29, 1.82) is 0 Å². The number of aliphatic hydroxyl groups is 1. The first-order valence-corrected chi connectivity index (χ1v) is 10.4. The number of benzene rings is 2. The van der Waals surface area contributed by atoms with Gasteiger partial charge in [0.25, 0.3) is 0 Å². The molecule has 7 heteroatoms. The predicted molar refractivity (Wildman–Crippen MR) is 116 cm³/mol. The lowest BCUT2D eigenvalue weighted by Crippen LogP contribution is -2.47. The number of likely N-dealkylation sites (tertiary alicyclic amines) is 1. The van der Waals surface area contributed by atoms with Gasteiger partial charge < -0.3 is 19.5 Å². The molecule has 0 aromatic heterocycles. The third kappa shape index (κ3) is 6.46. The van der Waals surface area contributed by atoms with Crippen LogP contribution in [0.1, 0.15) is 31.9 Å². The van der Waals surface area contributed by atoms with E-state index in [0.29, 0.717) is 0 Å². The van der Waals surface area contributed by atoms with E-state index in [0.717, 1.165) is 11.1 Å². The van der Waals surface area contributed by atoms with Crippen molar-refractivity contribution in [2.75, 3.05) is 13.1 Å². The molecule has 2 aromatic rings. The lowest BCUT2D eigenvalue weighted by Gasteiger charge is -2.30. The first-order chi connectivity index (χ1) is 14.7. The fraction of sp³-hybridized carbons (Fsp3) is 0.417. The minimum atomic E-state index is -0.902. The van der Waals surface area contributed by atoms with Crippen molar-refractivity contribution in [1.82, 2.24) is 9.80 Å². The fourth-order valence-electron chi connectivity index (χ4n) is 3.45. The smallest absolute Gasteiger partial charge is 0.410 e. The van der Waals surface area contributed by atoms with Crippen LogP contribution in [0.5, 0.6) is 0 Å². The number of carbonyl (C=O) groups excluding carboxylic acids is 2. The predicted octanol–water partition coefficient (Wildman–Crippen LogP) is 3.81. The average molecular weight is 427 g/mol. The van der Waals surface area contributed by atoms with Crippen molar-refractivity contribution in [2.45, 2.75) is 51.7 Å². The Bertz CT molecular complexity index is 867. The van der Waals surface area contributed by atoms with Crippen molar-refractivity contribution in [2.24, 2.45) is 0 Å². The highest BCUT2D eigenvalue weighted by Crippen LogP contribution is 2.22. The third-order valence-electron chi connectivity index (χ3n) is 4.95. The largest absolute Gasteiger partial charge is 0.445 e. The fourth-order valence-corrected chi connectivity index (χ4v) is 3.45. The maximum Gasteiger partial charge on any atom is 0.410 e. The van der Waals surface area contributed by atoms with Gasteiger partial charge in [-0.05, 0) is 31.9 Å². The van der Waals surface area contributed by atoms with Gasteiger partial charge in [-0.15, -0.1) is 0 Å². The molecule has 31 heavy (non-hydrogen) atoms. The van der Waals surface area contributed by atoms with Crippen LogP contribution in [0, 0.1) is 0 Å². The first kappa shape index (κ1) is 22.6. The second-order valence-corrected chi connectivity index (χ2v) is 8.67. The lowest BCUT2D eigenvalue weighted by atomic mass is 10.1. The maximum atomic E-state index is 13.0. The zero-order chi connectivity index (χ0) is 22.4. The van der Waals surface area contributed by atoms with Crippen LogP contribution in [-0.4, -0.2) is 57.9 Å². The Kier molecular flexibility index (Phi) is 7.17. The highest BCUT2D eigenvalue weighted by Gasteiger charge is 2.41. The zero-order valence-electron chi connectivity index (χ0n) is 18.2. The van der Waals surface area contributed by atoms with Crippen LogP contribution in [-0.2, 0) is 22.6 Å². The van der Waals surface area contributed by atoms with Crippen molar-refractivity contribution in [3.63, 3.8) is 0 Å². The molecule has 0 saturated carbocycles. The summed E-state index contributed by atoms with van der Waals surface area (Å²) < 4.78 is 11.0. The second-order valence-electron chi connectivity index (χ2n) is 8.67. The van der Waals surface area contributed by atoms with E-state index in [1.165, 1.54) is 9.80 Å². The third-order valence-corrected chi connectivity index (χ3v) is 4.95. The van der Waals surface area contributed by atoms with Crippen LogP contribution in [0.15, 0.2) is 60.7 Å². The van der Waals surface area contributed by atoms with Gasteiger partial charge in [-0.1, -0.05) is 60.7 Å². The molecular weight excluding hydrogens is 396 g/mol. The van der Waals surface area contributed by atoms with E-state index >= 15 is 0 Å². The van der Waals surface area contributed by atoms with Crippen LogP contribution in [0.25, 0.3) is 0 Å². The highest BCUT2D eigenvalue weighted by molar-refractivity contribution is 5.71. The Morgan fingerprint density at radius 3 is 2.16 bits per heavy atom. The number of hydrogen-bond donors (Lipinski definition) is 1. The van der Waals surface area contributed by atoms with Gasteiger partial charge in [0.05, 0.1) is 18.7 Å². The number of carbonyl (C=O) groups is 2. The van der Waals surface area contributed by atoms with E-state index in [1.807, 2.05) is 60.7 Å². The lowest BCUT2D eigenvalue weighted by molar-refractivity contribution is 0.0267. The van der Waals surface area contributed by atoms with Crippen molar-refractivity contribution in [3.05, 3.63) is 71.8 Å². The van der Waals surface area contributed by atoms with Gasteiger partial charge in [0, 0.05) is 13.1 Å².